The summed E-state index contributed by atoms with van der Waals surface area (Å²) in [6.07, 6.45) is 5.35. The molecular formula is C30H35ClN2O2. The Hall–Kier alpha value is -3.24. The van der Waals surface area contributed by atoms with Crippen LogP contribution in [0.4, 0.5) is 11.4 Å². The van der Waals surface area contributed by atoms with Gasteiger partial charge in [-0.3, -0.25) is 0 Å². The van der Waals surface area contributed by atoms with Gasteiger partial charge in [-0.05, 0) is 86.2 Å². The zero-order chi connectivity index (χ0) is 25.2. The lowest BCUT2D eigenvalue weighted by Gasteiger charge is -2.18. The minimum Gasteiger partial charge on any atom is -0.478 e. The van der Waals surface area contributed by atoms with Crippen molar-refractivity contribution in [3.8, 4) is 0 Å². The molecule has 0 saturated carbocycles. The fraction of sp³-hybridized carbons (Fsp3) is 0.300. The molecule has 1 aliphatic rings. The molecule has 0 amide bonds. The number of aliphatic carboxylic acids is 1. The van der Waals surface area contributed by atoms with Crippen LogP contribution in [0, 0.1) is 6.92 Å². The van der Waals surface area contributed by atoms with E-state index in [0.29, 0.717) is 12.1 Å². The van der Waals surface area contributed by atoms with E-state index in [2.05, 4.69) is 47.5 Å². The highest BCUT2D eigenvalue weighted by Crippen LogP contribution is 2.24. The predicted molar refractivity (Wildman–Crippen MR) is 149 cm³/mol. The second-order valence-electron chi connectivity index (χ2n) is 8.87. The number of halogens is 1. The highest BCUT2D eigenvalue weighted by Gasteiger charge is 2.12. The van der Waals surface area contributed by atoms with Gasteiger partial charge >= 0.3 is 5.97 Å². The normalized spacial score (nSPS) is 13.3. The summed E-state index contributed by atoms with van der Waals surface area (Å²) in [5, 5.41) is 13.4. The van der Waals surface area contributed by atoms with Crippen LogP contribution in [0.3, 0.4) is 0 Å². The van der Waals surface area contributed by atoms with Gasteiger partial charge in [0.25, 0.3) is 0 Å². The highest BCUT2D eigenvalue weighted by molar-refractivity contribution is 6.30. The highest BCUT2D eigenvalue weighted by atomic mass is 35.5. The molecule has 0 aromatic heterocycles. The van der Waals surface area contributed by atoms with Crippen molar-refractivity contribution in [2.24, 2.45) is 0 Å². The minimum atomic E-state index is -0.892. The Morgan fingerprint density at radius 1 is 1.03 bits per heavy atom. The molecular weight excluding hydrogens is 456 g/mol. The van der Waals surface area contributed by atoms with Gasteiger partial charge < -0.3 is 15.3 Å². The van der Waals surface area contributed by atoms with Gasteiger partial charge in [0.05, 0.1) is 0 Å². The molecule has 0 aliphatic carbocycles. The Kier molecular flexibility index (Phi) is 9.80. The maximum atomic E-state index is 11.2. The van der Waals surface area contributed by atoms with Crippen molar-refractivity contribution in [3.63, 3.8) is 0 Å². The molecule has 4 nitrogen and oxygen atoms in total. The Morgan fingerprint density at radius 2 is 1.71 bits per heavy atom. The number of hydrogen-bond acceptors (Lipinski definition) is 3. The maximum Gasteiger partial charge on any atom is 0.331 e. The van der Waals surface area contributed by atoms with Gasteiger partial charge in [0, 0.05) is 47.2 Å². The molecule has 5 heteroatoms. The first kappa shape index (κ1) is 26.4. The van der Waals surface area contributed by atoms with Crippen molar-refractivity contribution < 1.29 is 9.90 Å². The summed E-state index contributed by atoms with van der Waals surface area (Å²) in [7, 11) is 0. The van der Waals surface area contributed by atoms with Crippen LogP contribution in [-0.4, -0.2) is 24.2 Å². The van der Waals surface area contributed by atoms with Crippen LogP contribution in [0.15, 0.2) is 72.3 Å². The number of aryl methyl sites for hydroxylation is 2. The Labute approximate surface area is 214 Å². The summed E-state index contributed by atoms with van der Waals surface area (Å²) in [6.45, 7) is 8.74. The summed E-state index contributed by atoms with van der Waals surface area (Å²) < 4.78 is 0. The number of hydrogen-bond donors (Lipinski definition) is 2. The summed E-state index contributed by atoms with van der Waals surface area (Å²) >= 11 is 5.72. The van der Waals surface area contributed by atoms with E-state index in [1.165, 1.54) is 29.7 Å². The van der Waals surface area contributed by atoms with Gasteiger partial charge in [-0.25, -0.2) is 4.79 Å². The number of carboxylic acids is 1. The SMILES string of the molecule is C/C(=C\c1c(C)cccc1NCc1ccc(N2CCCC2)cc1)C(=O)O.CCc1cccc(Cl)c1. The van der Waals surface area contributed by atoms with E-state index < -0.39 is 5.97 Å². The number of anilines is 2. The molecule has 1 aliphatic heterocycles. The third-order valence-electron chi connectivity index (χ3n) is 6.21. The molecule has 184 valence electrons. The van der Waals surface area contributed by atoms with Crippen molar-refractivity contribution in [1.29, 1.82) is 0 Å². The van der Waals surface area contributed by atoms with Crippen molar-refractivity contribution in [2.45, 2.75) is 46.6 Å². The molecule has 2 N–H and O–H groups in total. The molecule has 0 radical (unpaired) electrons. The second kappa shape index (κ2) is 13.0. The van der Waals surface area contributed by atoms with Crippen molar-refractivity contribution in [3.05, 3.63) is 99.6 Å². The predicted octanol–water partition coefficient (Wildman–Crippen LogP) is 7.60. The number of carbonyl (C=O) groups is 1. The molecule has 3 aromatic carbocycles. The van der Waals surface area contributed by atoms with Crippen molar-refractivity contribution >= 4 is 35.0 Å². The molecule has 1 saturated heterocycles. The first-order chi connectivity index (χ1) is 16.9. The van der Waals surface area contributed by atoms with Crippen LogP contribution in [-0.2, 0) is 17.8 Å². The summed E-state index contributed by atoms with van der Waals surface area (Å²) in [6, 6.07) is 22.6. The number of carboxylic acid groups (broad SMARTS) is 1. The number of rotatable bonds is 7. The molecule has 1 heterocycles. The Morgan fingerprint density at radius 3 is 2.31 bits per heavy atom. The molecule has 1 fully saturated rings. The summed E-state index contributed by atoms with van der Waals surface area (Å²) in [4.78, 5) is 13.6. The third-order valence-corrected chi connectivity index (χ3v) is 6.45. The zero-order valence-corrected chi connectivity index (χ0v) is 21.6. The maximum absolute atomic E-state index is 11.2. The molecule has 35 heavy (non-hydrogen) atoms. The first-order valence-corrected chi connectivity index (χ1v) is 12.6. The molecule has 0 spiro atoms. The van der Waals surface area contributed by atoms with Crippen LogP contribution < -0.4 is 10.2 Å². The number of nitrogens with zero attached hydrogens (tertiary/aromatic N) is 1. The van der Waals surface area contributed by atoms with Crippen LogP contribution in [0.5, 0.6) is 0 Å². The van der Waals surface area contributed by atoms with E-state index in [1.54, 1.807) is 13.0 Å². The minimum absolute atomic E-state index is 0.331. The second-order valence-corrected chi connectivity index (χ2v) is 9.30. The van der Waals surface area contributed by atoms with Crippen molar-refractivity contribution in [1.82, 2.24) is 0 Å². The quantitative estimate of drug-likeness (QED) is 0.335. The van der Waals surface area contributed by atoms with E-state index in [0.717, 1.165) is 41.3 Å². The first-order valence-electron chi connectivity index (χ1n) is 12.2. The van der Waals surface area contributed by atoms with E-state index in [4.69, 9.17) is 16.7 Å². The van der Waals surface area contributed by atoms with Crippen molar-refractivity contribution in [2.75, 3.05) is 23.3 Å². The molecule has 0 unspecified atom stereocenters. The average Bonchev–Trinajstić information content (AvgIpc) is 3.40. The van der Waals surface area contributed by atoms with Crippen LogP contribution in [0.25, 0.3) is 6.08 Å². The van der Waals surface area contributed by atoms with Crippen LogP contribution >= 0.6 is 11.6 Å². The van der Waals surface area contributed by atoms with E-state index in [1.807, 2.05) is 43.3 Å². The topological polar surface area (TPSA) is 52.6 Å². The standard InChI is InChI=1S/C22H26N2O2.C8H9Cl/c1-16-6-5-7-21(20(16)14-17(2)22(25)26)23-15-18-8-10-19(11-9-18)24-12-3-4-13-24;1-2-7-4-3-5-8(9)6-7/h5-11,14,23H,3-4,12-13,15H2,1-2H3,(H,25,26);3-6H,2H2,1H3/b17-14+;. The van der Waals surface area contributed by atoms with Crippen LogP contribution in [0.1, 0.15) is 48.9 Å². The van der Waals surface area contributed by atoms with E-state index >= 15 is 0 Å². The van der Waals surface area contributed by atoms with Gasteiger partial charge in [0.2, 0.25) is 0 Å². The smallest absolute Gasteiger partial charge is 0.331 e. The summed E-state index contributed by atoms with van der Waals surface area (Å²) in [5.41, 5.74) is 7.07. The fourth-order valence-corrected chi connectivity index (χ4v) is 4.27. The fourth-order valence-electron chi connectivity index (χ4n) is 4.06. The molecule has 3 aromatic rings. The molecule has 0 bridgehead atoms. The van der Waals surface area contributed by atoms with Gasteiger partial charge in [-0.15, -0.1) is 0 Å². The third kappa shape index (κ3) is 7.90. The molecule has 4 rings (SSSR count). The zero-order valence-electron chi connectivity index (χ0n) is 20.9. The van der Waals surface area contributed by atoms with Crippen LogP contribution in [0.2, 0.25) is 5.02 Å². The number of nitrogens with one attached hydrogen (secondary N) is 1. The Bertz CT molecular complexity index is 1150. The Balaban J connectivity index is 0.000000320. The lowest BCUT2D eigenvalue weighted by atomic mass is 10.0. The number of benzene rings is 3. The molecule has 0 atom stereocenters. The average molecular weight is 491 g/mol. The van der Waals surface area contributed by atoms with E-state index in [9.17, 15) is 4.79 Å². The van der Waals surface area contributed by atoms with Gasteiger partial charge in [0.1, 0.15) is 0 Å². The monoisotopic (exact) mass is 490 g/mol. The lowest BCUT2D eigenvalue weighted by Crippen LogP contribution is -2.17. The summed E-state index contributed by atoms with van der Waals surface area (Å²) in [5.74, 6) is -0.892. The van der Waals surface area contributed by atoms with Gasteiger partial charge in [0.15, 0.2) is 0 Å². The largest absolute Gasteiger partial charge is 0.478 e. The van der Waals surface area contributed by atoms with Gasteiger partial charge in [-0.1, -0.05) is 54.9 Å². The van der Waals surface area contributed by atoms with Gasteiger partial charge in [-0.2, -0.15) is 0 Å². The van der Waals surface area contributed by atoms with E-state index in [-0.39, 0.29) is 0 Å². The lowest BCUT2D eigenvalue weighted by molar-refractivity contribution is -0.132.